The molecule has 4 rings (SSSR count). The molecule has 4 nitrogen and oxygen atoms in total. The summed E-state index contributed by atoms with van der Waals surface area (Å²) in [6, 6.07) is 31.8. The second kappa shape index (κ2) is 10.1. The second-order valence-corrected chi connectivity index (χ2v) is 8.74. The van der Waals surface area contributed by atoms with Crippen molar-refractivity contribution in [3.8, 4) is 0 Å². The minimum atomic E-state index is -0.361. The van der Waals surface area contributed by atoms with Crippen LogP contribution in [0.5, 0.6) is 0 Å². The van der Waals surface area contributed by atoms with E-state index in [-0.39, 0.29) is 15.3 Å². The maximum atomic E-state index is 5.88. The number of anilines is 1. The molecule has 0 atom stereocenters. The lowest BCUT2D eigenvalue weighted by atomic mass is 9.84. The molecule has 0 radical (unpaired) electrons. The third-order valence-corrected chi connectivity index (χ3v) is 6.71. The Morgan fingerprint density at radius 1 is 0.645 bits per heavy atom. The molecule has 1 aromatic heterocycles. The van der Waals surface area contributed by atoms with Gasteiger partial charge in [-0.05, 0) is 39.9 Å². The van der Waals surface area contributed by atoms with Crippen LogP contribution >= 0.6 is 35.0 Å². The Morgan fingerprint density at radius 2 is 1.06 bits per heavy atom. The molecule has 0 aliphatic rings. The number of rotatable bonds is 8. The minimum Gasteiger partial charge on any atom is -0.353 e. The lowest BCUT2D eigenvalue weighted by Gasteiger charge is -2.35. The topological polar surface area (TPSA) is 50.7 Å². The molecular formula is C24H20Cl2N4S. The van der Waals surface area contributed by atoms with Crippen molar-refractivity contribution in [2.24, 2.45) is 0 Å². The number of halogens is 2. The molecule has 31 heavy (non-hydrogen) atoms. The van der Waals surface area contributed by atoms with Crippen LogP contribution in [0.4, 0.5) is 5.95 Å². The standard InChI is InChI=1S/C24H20Cl2N4S/c25-21-28-22(26)30-23(29-21)27-16-17-31-24(18-10-4-1-5-11-18,19-12-6-2-7-13-19)20-14-8-3-9-15-20/h1-15H,16-17H2,(H,27,28,29,30). The third kappa shape index (κ3) is 5.01. The van der Waals surface area contributed by atoms with E-state index in [9.17, 15) is 0 Å². The van der Waals surface area contributed by atoms with Gasteiger partial charge in [0.15, 0.2) is 0 Å². The summed E-state index contributed by atoms with van der Waals surface area (Å²) in [4.78, 5) is 11.9. The molecule has 0 bridgehead atoms. The Labute approximate surface area is 196 Å². The van der Waals surface area contributed by atoms with Gasteiger partial charge in [0.1, 0.15) is 0 Å². The summed E-state index contributed by atoms with van der Waals surface area (Å²) in [5, 5.41) is 3.34. The van der Waals surface area contributed by atoms with E-state index in [2.05, 4.69) is 93.1 Å². The van der Waals surface area contributed by atoms with Crippen LogP contribution in [-0.4, -0.2) is 27.2 Å². The van der Waals surface area contributed by atoms with Crippen molar-refractivity contribution in [3.05, 3.63) is 118 Å². The van der Waals surface area contributed by atoms with Crippen LogP contribution in [0.25, 0.3) is 0 Å². The summed E-state index contributed by atoms with van der Waals surface area (Å²) < 4.78 is -0.361. The van der Waals surface area contributed by atoms with Crippen molar-refractivity contribution < 1.29 is 0 Å². The van der Waals surface area contributed by atoms with Gasteiger partial charge in [0.2, 0.25) is 16.5 Å². The van der Waals surface area contributed by atoms with E-state index in [1.54, 1.807) is 0 Å². The molecule has 1 N–H and O–H groups in total. The van der Waals surface area contributed by atoms with Gasteiger partial charge >= 0.3 is 0 Å². The quantitative estimate of drug-likeness (QED) is 0.243. The van der Waals surface area contributed by atoms with Gasteiger partial charge in [-0.3, -0.25) is 0 Å². The Morgan fingerprint density at radius 3 is 1.48 bits per heavy atom. The minimum absolute atomic E-state index is 0.0716. The fraction of sp³-hybridized carbons (Fsp3) is 0.125. The van der Waals surface area contributed by atoms with Crippen LogP contribution in [0.1, 0.15) is 16.7 Å². The number of hydrogen-bond donors (Lipinski definition) is 1. The molecule has 4 aromatic rings. The molecule has 3 aromatic carbocycles. The van der Waals surface area contributed by atoms with Gasteiger partial charge in [-0.25, -0.2) is 0 Å². The van der Waals surface area contributed by atoms with Crippen molar-refractivity contribution in [1.82, 2.24) is 15.0 Å². The molecular weight excluding hydrogens is 447 g/mol. The van der Waals surface area contributed by atoms with Gasteiger partial charge in [0.05, 0.1) is 4.75 Å². The molecule has 0 saturated carbocycles. The van der Waals surface area contributed by atoms with Gasteiger partial charge < -0.3 is 5.32 Å². The largest absolute Gasteiger partial charge is 0.353 e. The highest BCUT2D eigenvalue weighted by Crippen LogP contribution is 2.48. The summed E-state index contributed by atoms with van der Waals surface area (Å²) in [6.07, 6.45) is 0. The van der Waals surface area contributed by atoms with Crippen molar-refractivity contribution >= 4 is 40.9 Å². The molecule has 0 aliphatic heterocycles. The average Bonchev–Trinajstić information content (AvgIpc) is 2.80. The lowest BCUT2D eigenvalue weighted by Crippen LogP contribution is -2.27. The Balaban J connectivity index is 1.67. The van der Waals surface area contributed by atoms with Crippen molar-refractivity contribution in [1.29, 1.82) is 0 Å². The number of nitrogens with one attached hydrogen (secondary N) is 1. The van der Waals surface area contributed by atoms with E-state index in [0.29, 0.717) is 12.5 Å². The predicted octanol–water partition coefficient (Wildman–Crippen LogP) is 6.32. The van der Waals surface area contributed by atoms with E-state index in [1.165, 1.54) is 16.7 Å². The highest BCUT2D eigenvalue weighted by molar-refractivity contribution is 8.00. The maximum absolute atomic E-state index is 5.88. The molecule has 7 heteroatoms. The van der Waals surface area contributed by atoms with Gasteiger partial charge in [0.25, 0.3) is 0 Å². The Bertz CT molecular complexity index is 995. The molecule has 0 aliphatic carbocycles. The van der Waals surface area contributed by atoms with Gasteiger partial charge in [-0.2, -0.15) is 15.0 Å². The molecule has 0 amide bonds. The first-order valence-electron chi connectivity index (χ1n) is 9.80. The summed E-state index contributed by atoms with van der Waals surface area (Å²) in [6.45, 7) is 0.635. The van der Waals surface area contributed by atoms with Crippen LogP contribution in [0.2, 0.25) is 10.6 Å². The first-order valence-corrected chi connectivity index (χ1v) is 11.5. The zero-order valence-electron chi connectivity index (χ0n) is 16.6. The van der Waals surface area contributed by atoms with Crippen molar-refractivity contribution in [2.45, 2.75) is 4.75 Å². The summed E-state index contributed by atoms with van der Waals surface area (Å²) in [5.41, 5.74) is 3.68. The highest BCUT2D eigenvalue weighted by Gasteiger charge is 2.36. The van der Waals surface area contributed by atoms with E-state index >= 15 is 0 Å². The summed E-state index contributed by atoms with van der Waals surface area (Å²) in [5.74, 6) is 1.16. The van der Waals surface area contributed by atoms with E-state index in [0.717, 1.165) is 5.75 Å². The smallest absolute Gasteiger partial charge is 0.228 e. The average molecular weight is 467 g/mol. The monoisotopic (exact) mass is 466 g/mol. The molecule has 0 spiro atoms. The number of thioether (sulfide) groups is 1. The number of aromatic nitrogens is 3. The van der Waals surface area contributed by atoms with Crippen LogP contribution in [0.15, 0.2) is 91.0 Å². The third-order valence-electron chi connectivity index (χ3n) is 4.83. The second-order valence-electron chi connectivity index (χ2n) is 6.75. The normalized spacial score (nSPS) is 11.3. The summed E-state index contributed by atoms with van der Waals surface area (Å²) in [7, 11) is 0. The molecule has 156 valence electrons. The zero-order valence-corrected chi connectivity index (χ0v) is 18.9. The zero-order chi connectivity index (χ0) is 21.5. The van der Waals surface area contributed by atoms with Crippen LogP contribution in [0.3, 0.4) is 0 Å². The van der Waals surface area contributed by atoms with Crippen LogP contribution < -0.4 is 5.32 Å². The van der Waals surface area contributed by atoms with E-state index < -0.39 is 0 Å². The SMILES string of the molecule is Clc1nc(Cl)nc(NCCSC(c2ccccc2)(c2ccccc2)c2ccccc2)n1. The fourth-order valence-corrected chi connectivity index (χ4v) is 5.32. The first kappa shape index (κ1) is 21.6. The lowest BCUT2D eigenvalue weighted by molar-refractivity contribution is 0.892. The van der Waals surface area contributed by atoms with Crippen LogP contribution in [-0.2, 0) is 4.75 Å². The molecule has 1 heterocycles. The summed E-state index contributed by atoms with van der Waals surface area (Å²) >= 11 is 13.6. The fourth-order valence-electron chi connectivity index (χ4n) is 3.54. The molecule has 0 fully saturated rings. The van der Waals surface area contributed by atoms with Crippen molar-refractivity contribution in [3.63, 3.8) is 0 Å². The van der Waals surface area contributed by atoms with E-state index in [4.69, 9.17) is 23.2 Å². The molecule has 0 unspecified atom stereocenters. The van der Waals surface area contributed by atoms with Gasteiger partial charge in [-0.1, -0.05) is 91.0 Å². The maximum Gasteiger partial charge on any atom is 0.228 e. The van der Waals surface area contributed by atoms with Crippen molar-refractivity contribution in [2.75, 3.05) is 17.6 Å². The number of benzene rings is 3. The first-order chi connectivity index (χ1) is 15.2. The van der Waals surface area contributed by atoms with Gasteiger partial charge in [0, 0.05) is 12.3 Å². The number of nitrogens with zero attached hydrogens (tertiary/aromatic N) is 3. The highest BCUT2D eigenvalue weighted by atomic mass is 35.5. The van der Waals surface area contributed by atoms with Gasteiger partial charge in [-0.15, -0.1) is 11.8 Å². The van der Waals surface area contributed by atoms with E-state index in [1.807, 2.05) is 30.0 Å². The number of hydrogen-bond acceptors (Lipinski definition) is 5. The Kier molecular flexibility index (Phi) is 7.07. The molecule has 0 saturated heterocycles. The van der Waals surface area contributed by atoms with Crippen LogP contribution in [0, 0.1) is 0 Å². The Hall–Kier alpha value is -2.60. The predicted molar refractivity (Wildman–Crippen MR) is 130 cm³/mol.